The van der Waals surface area contributed by atoms with E-state index >= 15 is 0 Å². The lowest BCUT2D eigenvalue weighted by atomic mass is 9.96. The first-order valence-electron chi connectivity index (χ1n) is 10.5. The minimum Gasteiger partial charge on any atom is -0.355 e. The molecule has 0 spiro atoms. The summed E-state index contributed by atoms with van der Waals surface area (Å²) in [4.78, 5) is 25.7. The molecule has 6 nitrogen and oxygen atoms in total. The van der Waals surface area contributed by atoms with Gasteiger partial charge in [0, 0.05) is 43.2 Å². The molecular formula is C23H33FN4O2. The van der Waals surface area contributed by atoms with Crippen molar-refractivity contribution in [2.75, 3.05) is 20.1 Å². The number of aryl methyl sites for hydroxylation is 1. The number of hydrogen-bond donors (Lipinski definition) is 2. The first-order valence-corrected chi connectivity index (χ1v) is 10.5. The molecule has 0 fully saturated rings. The van der Waals surface area contributed by atoms with Crippen LogP contribution in [0.5, 0.6) is 0 Å². The first-order chi connectivity index (χ1) is 14.2. The fourth-order valence-corrected chi connectivity index (χ4v) is 2.96. The minimum absolute atomic E-state index is 0.0423. The predicted octanol–water partition coefficient (Wildman–Crippen LogP) is 3.94. The highest BCUT2D eigenvalue weighted by Crippen LogP contribution is 2.19. The molecular weight excluding hydrogens is 383 g/mol. The van der Waals surface area contributed by atoms with E-state index in [1.165, 1.54) is 12.1 Å². The van der Waals surface area contributed by atoms with Crippen LogP contribution < -0.4 is 5.32 Å². The summed E-state index contributed by atoms with van der Waals surface area (Å²) in [6.07, 6.45) is 4.12. The van der Waals surface area contributed by atoms with Crippen LogP contribution in [0.1, 0.15) is 52.1 Å². The number of aromatic nitrogens is 2. The van der Waals surface area contributed by atoms with Crippen LogP contribution in [0, 0.1) is 11.2 Å². The van der Waals surface area contributed by atoms with Gasteiger partial charge < -0.3 is 10.2 Å². The molecule has 1 aromatic carbocycles. The number of aromatic amines is 1. The fraction of sp³-hybridized carbons (Fsp3) is 0.522. The van der Waals surface area contributed by atoms with Gasteiger partial charge in [-0.15, -0.1) is 0 Å². The second kappa shape index (κ2) is 10.9. The average molecular weight is 417 g/mol. The molecule has 0 atom stereocenters. The average Bonchev–Trinajstić information content (AvgIpc) is 3.16. The lowest BCUT2D eigenvalue weighted by Crippen LogP contribution is -2.37. The molecule has 0 aliphatic heterocycles. The summed E-state index contributed by atoms with van der Waals surface area (Å²) in [5.74, 6) is -0.256. The Kier molecular flexibility index (Phi) is 8.57. The van der Waals surface area contributed by atoms with Crippen LogP contribution in [0.3, 0.4) is 0 Å². The summed E-state index contributed by atoms with van der Waals surface area (Å²) in [5.41, 5.74) is 2.31. The van der Waals surface area contributed by atoms with Gasteiger partial charge in [0.25, 0.3) is 0 Å². The van der Waals surface area contributed by atoms with Crippen LogP contribution >= 0.6 is 0 Å². The number of rotatable bonds is 10. The van der Waals surface area contributed by atoms with E-state index in [0.29, 0.717) is 19.5 Å². The zero-order valence-electron chi connectivity index (χ0n) is 18.4. The topological polar surface area (TPSA) is 78.1 Å². The highest BCUT2D eigenvalue weighted by molar-refractivity contribution is 5.82. The second-order valence-corrected chi connectivity index (χ2v) is 8.67. The lowest BCUT2D eigenvalue weighted by molar-refractivity contribution is -0.130. The Bertz CT molecular complexity index is 824. The molecule has 0 saturated carbocycles. The standard InChI is InChI=1S/C23H33FN4O2/c1-23(2,3)22(30)25-14-13-21(29)28(4)15-7-5-6-8-19-16-20(27-26-19)17-9-11-18(24)12-10-17/h9-12,16H,5-8,13-15H2,1-4H3,(H,25,30)(H,26,27). The maximum absolute atomic E-state index is 13.0. The van der Waals surface area contributed by atoms with Gasteiger partial charge in [-0.3, -0.25) is 14.7 Å². The fourth-order valence-electron chi connectivity index (χ4n) is 2.96. The number of halogens is 1. The number of amides is 2. The van der Waals surface area contributed by atoms with Crippen LogP contribution in [-0.4, -0.2) is 47.0 Å². The SMILES string of the molecule is CN(CCCCCc1cc(-c2ccc(F)cc2)n[nH]1)C(=O)CCNC(=O)C(C)(C)C. The summed E-state index contributed by atoms with van der Waals surface area (Å²) < 4.78 is 13.0. The van der Waals surface area contributed by atoms with E-state index in [9.17, 15) is 14.0 Å². The van der Waals surface area contributed by atoms with Crippen molar-refractivity contribution in [1.29, 1.82) is 0 Å². The van der Waals surface area contributed by atoms with Crippen molar-refractivity contribution < 1.29 is 14.0 Å². The van der Waals surface area contributed by atoms with E-state index in [1.54, 1.807) is 24.1 Å². The molecule has 2 N–H and O–H groups in total. The van der Waals surface area contributed by atoms with Crippen molar-refractivity contribution in [3.05, 3.63) is 41.8 Å². The predicted molar refractivity (Wildman–Crippen MR) is 116 cm³/mol. The quantitative estimate of drug-likeness (QED) is 0.576. The molecule has 1 aromatic heterocycles. The van der Waals surface area contributed by atoms with Crippen molar-refractivity contribution >= 4 is 11.8 Å². The Labute approximate surface area is 178 Å². The molecule has 30 heavy (non-hydrogen) atoms. The lowest BCUT2D eigenvalue weighted by Gasteiger charge is -2.19. The van der Waals surface area contributed by atoms with Crippen LogP contribution in [0.25, 0.3) is 11.3 Å². The third-order valence-corrected chi connectivity index (χ3v) is 4.94. The van der Waals surface area contributed by atoms with Gasteiger partial charge in [0.1, 0.15) is 5.82 Å². The minimum atomic E-state index is -0.441. The Hall–Kier alpha value is -2.70. The van der Waals surface area contributed by atoms with Gasteiger partial charge in [0.05, 0.1) is 5.69 Å². The van der Waals surface area contributed by atoms with Crippen LogP contribution in [0.15, 0.2) is 30.3 Å². The molecule has 0 unspecified atom stereocenters. The van der Waals surface area contributed by atoms with Crippen LogP contribution in [0.4, 0.5) is 4.39 Å². The molecule has 0 aliphatic carbocycles. The Morgan fingerprint density at radius 1 is 1.13 bits per heavy atom. The van der Waals surface area contributed by atoms with Gasteiger partial charge in [-0.05, 0) is 49.6 Å². The number of hydrogen-bond acceptors (Lipinski definition) is 3. The van der Waals surface area contributed by atoms with Crippen molar-refractivity contribution in [2.24, 2.45) is 5.41 Å². The Morgan fingerprint density at radius 2 is 1.83 bits per heavy atom. The van der Waals surface area contributed by atoms with Crippen LogP contribution in [0.2, 0.25) is 0 Å². The first kappa shape index (κ1) is 23.6. The summed E-state index contributed by atoms with van der Waals surface area (Å²) in [5, 5.41) is 10.1. The van der Waals surface area contributed by atoms with Crippen molar-refractivity contribution in [3.8, 4) is 11.3 Å². The largest absolute Gasteiger partial charge is 0.355 e. The number of unbranched alkanes of at least 4 members (excludes halogenated alkanes) is 2. The molecule has 7 heteroatoms. The van der Waals surface area contributed by atoms with Gasteiger partial charge in [-0.1, -0.05) is 27.2 Å². The number of nitrogens with one attached hydrogen (secondary N) is 2. The number of H-pyrrole nitrogens is 1. The van der Waals surface area contributed by atoms with E-state index in [-0.39, 0.29) is 17.6 Å². The van der Waals surface area contributed by atoms with Crippen molar-refractivity contribution in [2.45, 2.75) is 52.9 Å². The number of benzene rings is 1. The van der Waals surface area contributed by atoms with Crippen LogP contribution in [-0.2, 0) is 16.0 Å². The number of carbonyl (C=O) groups is 2. The molecule has 0 saturated heterocycles. The van der Waals surface area contributed by atoms with E-state index in [4.69, 9.17) is 0 Å². The smallest absolute Gasteiger partial charge is 0.225 e. The Balaban J connectivity index is 1.61. The highest BCUT2D eigenvalue weighted by atomic mass is 19.1. The maximum Gasteiger partial charge on any atom is 0.225 e. The zero-order chi connectivity index (χ0) is 22.1. The molecule has 2 amide bonds. The van der Waals surface area contributed by atoms with Gasteiger partial charge in [0.2, 0.25) is 11.8 Å². The van der Waals surface area contributed by atoms with Crippen molar-refractivity contribution in [3.63, 3.8) is 0 Å². The molecule has 1 heterocycles. The third kappa shape index (κ3) is 7.61. The van der Waals surface area contributed by atoms with Gasteiger partial charge in [-0.25, -0.2) is 4.39 Å². The van der Waals surface area contributed by atoms with Gasteiger partial charge in [0.15, 0.2) is 0 Å². The summed E-state index contributed by atoms with van der Waals surface area (Å²) in [6, 6.07) is 8.29. The Morgan fingerprint density at radius 3 is 2.50 bits per heavy atom. The van der Waals surface area contributed by atoms with E-state index in [0.717, 1.165) is 42.6 Å². The number of carbonyl (C=O) groups excluding carboxylic acids is 2. The molecule has 2 aromatic rings. The monoisotopic (exact) mass is 416 g/mol. The second-order valence-electron chi connectivity index (χ2n) is 8.67. The molecule has 2 rings (SSSR count). The molecule has 0 aliphatic rings. The zero-order valence-corrected chi connectivity index (χ0v) is 18.4. The van der Waals surface area contributed by atoms with E-state index in [1.807, 2.05) is 26.8 Å². The molecule has 0 bridgehead atoms. The van der Waals surface area contributed by atoms with Gasteiger partial charge in [-0.2, -0.15) is 5.10 Å². The van der Waals surface area contributed by atoms with E-state index in [2.05, 4.69) is 15.5 Å². The van der Waals surface area contributed by atoms with E-state index < -0.39 is 5.41 Å². The highest BCUT2D eigenvalue weighted by Gasteiger charge is 2.20. The number of nitrogens with zero attached hydrogens (tertiary/aromatic N) is 2. The van der Waals surface area contributed by atoms with Gasteiger partial charge >= 0.3 is 0 Å². The normalized spacial score (nSPS) is 11.4. The summed E-state index contributed by atoms with van der Waals surface area (Å²) in [7, 11) is 1.80. The summed E-state index contributed by atoms with van der Waals surface area (Å²) in [6.45, 7) is 6.63. The van der Waals surface area contributed by atoms with Crippen molar-refractivity contribution in [1.82, 2.24) is 20.4 Å². The maximum atomic E-state index is 13.0. The third-order valence-electron chi connectivity index (χ3n) is 4.94. The molecule has 164 valence electrons. The molecule has 0 radical (unpaired) electrons. The summed E-state index contributed by atoms with van der Waals surface area (Å²) >= 11 is 0.